The molecule has 0 saturated carbocycles. The molecule has 5 heteroatoms. The van der Waals surface area contributed by atoms with Crippen LogP contribution in [0.4, 0.5) is 11.4 Å². The van der Waals surface area contributed by atoms with Gasteiger partial charge < -0.3 is 14.4 Å². The molecule has 1 amide bonds. The molecule has 3 aromatic rings. The third kappa shape index (κ3) is 2.61. The highest BCUT2D eigenvalue weighted by atomic mass is 32.2. The molecule has 1 N–H and O–H groups in total. The van der Waals surface area contributed by atoms with E-state index in [0.29, 0.717) is 6.54 Å². The molecule has 0 saturated heterocycles. The topological polar surface area (TPSA) is 41.6 Å². The fourth-order valence-electron chi connectivity index (χ4n) is 3.22. The van der Waals surface area contributed by atoms with Crippen LogP contribution < -0.4 is 14.4 Å². The number of carbonyl (C=O) groups is 1. The van der Waals surface area contributed by atoms with Crippen LogP contribution >= 0.6 is 11.9 Å². The van der Waals surface area contributed by atoms with Crippen molar-refractivity contribution in [3.63, 3.8) is 0 Å². The number of nitrogens with zero attached hydrogens (tertiary/aromatic N) is 1. The molecule has 0 aromatic heterocycles. The van der Waals surface area contributed by atoms with E-state index in [4.69, 9.17) is 4.74 Å². The van der Waals surface area contributed by atoms with Crippen LogP contribution in [0.1, 0.15) is 17.3 Å². The Labute approximate surface area is 150 Å². The summed E-state index contributed by atoms with van der Waals surface area (Å²) in [5.74, 6) is 0.904. The highest BCUT2D eigenvalue weighted by Crippen LogP contribution is 2.41. The zero-order valence-corrected chi connectivity index (χ0v) is 14.9. The predicted octanol–water partition coefficient (Wildman–Crippen LogP) is 4.95. The Hall–Kier alpha value is -2.66. The maximum absolute atomic E-state index is 12.6. The first-order valence-electron chi connectivity index (χ1n) is 8.17. The minimum absolute atomic E-state index is 0.0889. The molecule has 0 radical (unpaired) electrons. The van der Waals surface area contributed by atoms with E-state index >= 15 is 0 Å². The number of nitrogens with one attached hydrogen (secondary N) is 1. The Morgan fingerprint density at radius 2 is 1.96 bits per heavy atom. The minimum Gasteiger partial charge on any atom is -0.497 e. The molecule has 0 spiro atoms. The largest absolute Gasteiger partial charge is 0.497 e. The van der Waals surface area contributed by atoms with Gasteiger partial charge in [0.2, 0.25) is 0 Å². The zero-order valence-electron chi connectivity index (χ0n) is 14.1. The van der Waals surface area contributed by atoms with Crippen molar-refractivity contribution in [2.75, 3.05) is 23.3 Å². The predicted molar refractivity (Wildman–Crippen MR) is 104 cm³/mol. The van der Waals surface area contributed by atoms with Gasteiger partial charge in [0.15, 0.2) is 0 Å². The van der Waals surface area contributed by atoms with Crippen LogP contribution in [0.5, 0.6) is 5.75 Å². The van der Waals surface area contributed by atoms with Gasteiger partial charge in [0.25, 0.3) is 5.91 Å². The van der Waals surface area contributed by atoms with Gasteiger partial charge in [-0.1, -0.05) is 18.2 Å². The molecule has 0 fully saturated rings. The van der Waals surface area contributed by atoms with Crippen molar-refractivity contribution in [1.29, 1.82) is 0 Å². The molecule has 4 nitrogen and oxygen atoms in total. The van der Waals surface area contributed by atoms with Gasteiger partial charge >= 0.3 is 0 Å². The molecule has 0 atom stereocenters. The summed E-state index contributed by atoms with van der Waals surface area (Å²) in [4.78, 5) is 15.5. The second kappa shape index (κ2) is 6.33. The van der Waals surface area contributed by atoms with E-state index in [1.54, 1.807) is 19.1 Å². The van der Waals surface area contributed by atoms with E-state index in [0.717, 1.165) is 38.4 Å². The first-order valence-corrected chi connectivity index (χ1v) is 8.99. The van der Waals surface area contributed by atoms with Crippen molar-refractivity contribution in [3.05, 3.63) is 60.2 Å². The van der Waals surface area contributed by atoms with Gasteiger partial charge in [-0.05, 0) is 54.6 Å². The first-order chi connectivity index (χ1) is 12.2. The number of anilines is 2. The average molecular weight is 350 g/mol. The van der Waals surface area contributed by atoms with Gasteiger partial charge in [0, 0.05) is 34.1 Å². The summed E-state index contributed by atoms with van der Waals surface area (Å²) in [6.07, 6.45) is 0. The standard InChI is InChI=1S/C20H18N2O2S/c1-3-22-17-10-11-18(15-8-5-9-16(19(15)17)20(22)23)25-21-13-6-4-7-14(12-13)24-2/h4-12,21H,3H2,1-2H3. The summed E-state index contributed by atoms with van der Waals surface area (Å²) in [5.41, 5.74) is 2.76. The maximum atomic E-state index is 12.6. The van der Waals surface area contributed by atoms with Crippen LogP contribution in [-0.2, 0) is 0 Å². The number of rotatable bonds is 5. The summed E-state index contributed by atoms with van der Waals surface area (Å²) in [5, 5.41) is 2.14. The smallest absolute Gasteiger partial charge is 0.258 e. The first kappa shape index (κ1) is 15.8. The van der Waals surface area contributed by atoms with E-state index in [1.807, 2.05) is 54.3 Å². The normalized spacial score (nSPS) is 12.7. The number of carbonyl (C=O) groups excluding carboxylic acids is 1. The molecular weight excluding hydrogens is 332 g/mol. The Kier molecular flexibility index (Phi) is 4.01. The second-order valence-electron chi connectivity index (χ2n) is 5.80. The zero-order chi connectivity index (χ0) is 17.4. The number of ether oxygens (including phenoxy) is 1. The molecule has 1 heterocycles. The monoisotopic (exact) mass is 350 g/mol. The molecule has 0 aliphatic carbocycles. The Morgan fingerprint density at radius 1 is 1.12 bits per heavy atom. The molecular formula is C20H18N2O2S. The van der Waals surface area contributed by atoms with Crippen LogP contribution in [0.25, 0.3) is 10.8 Å². The number of methoxy groups -OCH3 is 1. The van der Waals surface area contributed by atoms with E-state index < -0.39 is 0 Å². The quantitative estimate of drug-likeness (QED) is 0.661. The van der Waals surface area contributed by atoms with Crippen LogP contribution in [0, 0.1) is 0 Å². The Bertz CT molecular complexity index is 971. The third-order valence-corrected chi connectivity index (χ3v) is 5.32. The van der Waals surface area contributed by atoms with Gasteiger partial charge in [-0.15, -0.1) is 0 Å². The molecule has 3 aromatic carbocycles. The number of benzene rings is 3. The molecule has 0 bridgehead atoms. The summed E-state index contributed by atoms with van der Waals surface area (Å²) < 4.78 is 8.62. The lowest BCUT2D eigenvalue weighted by Gasteiger charge is -2.15. The van der Waals surface area contributed by atoms with Gasteiger partial charge in [0.1, 0.15) is 5.75 Å². The lowest BCUT2D eigenvalue weighted by Crippen LogP contribution is -2.25. The van der Waals surface area contributed by atoms with Gasteiger partial charge in [0.05, 0.1) is 12.8 Å². The Balaban J connectivity index is 1.70. The lowest BCUT2D eigenvalue weighted by molar-refractivity contribution is 0.0994. The van der Waals surface area contributed by atoms with Crippen molar-refractivity contribution < 1.29 is 9.53 Å². The lowest BCUT2D eigenvalue weighted by atomic mass is 10.1. The fraction of sp³-hybridized carbons (Fsp3) is 0.150. The maximum Gasteiger partial charge on any atom is 0.258 e. The second-order valence-corrected chi connectivity index (χ2v) is 6.64. The molecule has 25 heavy (non-hydrogen) atoms. The summed E-state index contributed by atoms with van der Waals surface area (Å²) in [7, 11) is 1.66. The van der Waals surface area contributed by atoms with E-state index in [9.17, 15) is 4.79 Å². The van der Waals surface area contributed by atoms with Crippen molar-refractivity contribution in [1.82, 2.24) is 0 Å². The van der Waals surface area contributed by atoms with Crippen LogP contribution in [0.2, 0.25) is 0 Å². The summed E-state index contributed by atoms with van der Waals surface area (Å²) in [6, 6.07) is 17.9. The molecule has 126 valence electrons. The van der Waals surface area contributed by atoms with Gasteiger partial charge in [-0.25, -0.2) is 0 Å². The van der Waals surface area contributed by atoms with Gasteiger partial charge in [-0.2, -0.15) is 0 Å². The highest BCUT2D eigenvalue weighted by Gasteiger charge is 2.29. The minimum atomic E-state index is 0.0889. The van der Waals surface area contributed by atoms with Crippen LogP contribution in [-0.4, -0.2) is 19.6 Å². The Morgan fingerprint density at radius 3 is 2.76 bits per heavy atom. The molecule has 1 aliphatic rings. The van der Waals surface area contributed by atoms with E-state index in [2.05, 4.69) is 16.9 Å². The van der Waals surface area contributed by atoms with E-state index in [-0.39, 0.29) is 5.91 Å². The molecule has 4 rings (SSSR count). The summed E-state index contributed by atoms with van der Waals surface area (Å²) >= 11 is 1.54. The van der Waals surface area contributed by atoms with Crippen LogP contribution in [0.15, 0.2) is 59.5 Å². The van der Waals surface area contributed by atoms with Crippen molar-refractivity contribution >= 4 is 40.0 Å². The summed E-state index contributed by atoms with van der Waals surface area (Å²) in [6.45, 7) is 2.68. The molecule has 0 unspecified atom stereocenters. The van der Waals surface area contributed by atoms with E-state index in [1.165, 1.54) is 0 Å². The van der Waals surface area contributed by atoms with Crippen LogP contribution in [0.3, 0.4) is 0 Å². The highest BCUT2D eigenvalue weighted by molar-refractivity contribution is 8.00. The van der Waals surface area contributed by atoms with Crippen molar-refractivity contribution in [2.24, 2.45) is 0 Å². The van der Waals surface area contributed by atoms with Gasteiger partial charge in [-0.3, -0.25) is 4.79 Å². The molecule has 1 aliphatic heterocycles. The average Bonchev–Trinajstić information content (AvgIpc) is 2.94. The van der Waals surface area contributed by atoms with Crippen molar-refractivity contribution in [2.45, 2.75) is 11.8 Å². The van der Waals surface area contributed by atoms with Crippen molar-refractivity contribution in [3.8, 4) is 5.75 Å². The number of hydrogen-bond acceptors (Lipinski definition) is 4. The third-order valence-electron chi connectivity index (χ3n) is 4.41. The SMILES string of the molecule is CCN1C(=O)c2cccc3c(SNc4cccc(OC)c4)ccc1c23. The number of hydrogen-bond donors (Lipinski definition) is 1. The fourth-order valence-corrected chi connectivity index (χ4v) is 3.99. The number of amides is 1.